The van der Waals surface area contributed by atoms with Gasteiger partial charge in [-0.15, -0.1) is 0 Å². The number of hydrogen-bond donors (Lipinski definition) is 1. The van der Waals surface area contributed by atoms with Crippen LogP contribution in [0.1, 0.15) is 24.1 Å². The maximum absolute atomic E-state index is 10.7. The van der Waals surface area contributed by atoms with Gasteiger partial charge in [-0.3, -0.25) is 10.1 Å². The zero-order valence-corrected chi connectivity index (χ0v) is 13.1. The Bertz CT molecular complexity index is 689. The summed E-state index contributed by atoms with van der Waals surface area (Å²) in [6.07, 6.45) is 0. The molecule has 2 aromatic rings. The van der Waals surface area contributed by atoms with Crippen molar-refractivity contribution in [1.29, 1.82) is 0 Å². The molecule has 6 heteroatoms. The van der Waals surface area contributed by atoms with Crippen molar-refractivity contribution in [1.82, 2.24) is 0 Å². The van der Waals surface area contributed by atoms with Crippen molar-refractivity contribution in [3.8, 4) is 0 Å². The number of anilines is 1. The average Bonchev–Trinajstić information content (AvgIpc) is 2.43. The van der Waals surface area contributed by atoms with E-state index in [1.165, 1.54) is 6.07 Å². The molecule has 0 aliphatic heterocycles. The van der Waals surface area contributed by atoms with E-state index < -0.39 is 4.92 Å². The van der Waals surface area contributed by atoms with Crippen LogP contribution in [0, 0.1) is 17.0 Å². The number of rotatable bonds is 4. The zero-order valence-electron chi connectivity index (χ0n) is 11.6. The molecule has 0 saturated carbocycles. The van der Waals surface area contributed by atoms with E-state index in [2.05, 4.69) is 5.32 Å². The fourth-order valence-corrected chi connectivity index (χ4v) is 2.33. The number of nitro groups is 1. The molecular formula is C15H14Cl2N2O2. The van der Waals surface area contributed by atoms with E-state index in [4.69, 9.17) is 23.2 Å². The van der Waals surface area contributed by atoms with Gasteiger partial charge in [-0.2, -0.15) is 0 Å². The van der Waals surface area contributed by atoms with Gasteiger partial charge in [0.25, 0.3) is 5.69 Å². The minimum Gasteiger partial charge on any atom is -0.378 e. The first kappa shape index (κ1) is 15.6. The van der Waals surface area contributed by atoms with Crippen LogP contribution in [0.25, 0.3) is 0 Å². The molecule has 0 heterocycles. The maximum atomic E-state index is 10.7. The highest BCUT2D eigenvalue weighted by molar-refractivity contribution is 6.42. The Hall–Kier alpha value is -1.78. The molecule has 0 saturated heterocycles. The highest BCUT2D eigenvalue weighted by Gasteiger charge is 2.12. The Morgan fingerprint density at radius 2 is 1.86 bits per heavy atom. The second-order valence-electron chi connectivity index (χ2n) is 4.80. The molecule has 21 heavy (non-hydrogen) atoms. The van der Waals surface area contributed by atoms with E-state index >= 15 is 0 Å². The van der Waals surface area contributed by atoms with Gasteiger partial charge in [0.2, 0.25) is 0 Å². The zero-order chi connectivity index (χ0) is 15.6. The number of nitrogens with zero attached hydrogens (tertiary/aromatic N) is 1. The predicted octanol–water partition coefficient (Wildman–Crippen LogP) is 5.38. The molecular weight excluding hydrogens is 311 g/mol. The van der Waals surface area contributed by atoms with E-state index in [1.807, 2.05) is 26.0 Å². The highest BCUT2D eigenvalue weighted by atomic mass is 35.5. The molecule has 110 valence electrons. The fourth-order valence-electron chi connectivity index (χ4n) is 2.02. The lowest BCUT2D eigenvalue weighted by Gasteiger charge is -2.18. The third-order valence-corrected chi connectivity index (χ3v) is 3.98. The first-order chi connectivity index (χ1) is 9.88. The van der Waals surface area contributed by atoms with Gasteiger partial charge in [-0.25, -0.2) is 0 Å². The summed E-state index contributed by atoms with van der Waals surface area (Å²) in [4.78, 5) is 10.3. The number of benzene rings is 2. The van der Waals surface area contributed by atoms with Crippen LogP contribution in [-0.4, -0.2) is 4.92 Å². The van der Waals surface area contributed by atoms with Gasteiger partial charge >= 0.3 is 0 Å². The lowest BCUT2D eigenvalue weighted by Crippen LogP contribution is -2.08. The Morgan fingerprint density at radius 1 is 1.14 bits per heavy atom. The van der Waals surface area contributed by atoms with Crippen LogP contribution in [0.5, 0.6) is 0 Å². The van der Waals surface area contributed by atoms with Crippen molar-refractivity contribution in [2.75, 3.05) is 5.32 Å². The van der Waals surface area contributed by atoms with Crippen molar-refractivity contribution in [2.45, 2.75) is 19.9 Å². The molecule has 0 aliphatic rings. The second-order valence-corrected chi connectivity index (χ2v) is 5.61. The van der Waals surface area contributed by atoms with Gasteiger partial charge in [0, 0.05) is 23.9 Å². The third kappa shape index (κ3) is 3.65. The van der Waals surface area contributed by atoms with Crippen LogP contribution in [0.3, 0.4) is 0 Å². The summed E-state index contributed by atoms with van der Waals surface area (Å²) in [6.45, 7) is 3.82. The molecule has 0 aromatic heterocycles. The average molecular weight is 325 g/mol. The second kappa shape index (κ2) is 6.33. The molecule has 0 fully saturated rings. The smallest absolute Gasteiger partial charge is 0.269 e. The van der Waals surface area contributed by atoms with Gasteiger partial charge in [-0.1, -0.05) is 29.3 Å². The lowest BCUT2D eigenvalue weighted by molar-refractivity contribution is -0.384. The lowest BCUT2D eigenvalue weighted by atomic mass is 10.1. The van der Waals surface area contributed by atoms with E-state index in [-0.39, 0.29) is 11.7 Å². The first-order valence-corrected chi connectivity index (χ1v) is 7.10. The maximum Gasteiger partial charge on any atom is 0.269 e. The molecule has 1 N–H and O–H groups in total. The molecule has 0 amide bonds. The van der Waals surface area contributed by atoms with Crippen LogP contribution in [-0.2, 0) is 0 Å². The molecule has 2 rings (SSSR count). The van der Waals surface area contributed by atoms with E-state index in [9.17, 15) is 10.1 Å². The van der Waals surface area contributed by atoms with Crippen molar-refractivity contribution in [3.05, 3.63) is 67.7 Å². The van der Waals surface area contributed by atoms with Gasteiger partial charge in [0.15, 0.2) is 0 Å². The molecule has 0 bridgehead atoms. The molecule has 1 atom stereocenters. The molecule has 0 radical (unpaired) electrons. The van der Waals surface area contributed by atoms with Gasteiger partial charge < -0.3 is 5.32 Å². The van der Waals surface area contributed by atoms with Crippen LogP contribution < -0.4 is 5.32 Å². The Kier molecular flexibility index (Phi) is 4.70. The SMILES string of the molecule is Cc1cc([N+](=O)[O-])ccc1NC(C)c1ccc(Cl)c(Cl)c1. The minimum atomic E-state index is -0.404. The molecule has 0 spiro atoms. The molecule has 2 aromatic carbocycles. The van der Waals surface area contributed by atoms with Gasteiger partial charge in [0.05, 0.1) is 15.0 Å². The summed E-state index contributed by atoms with van der Waals surface area (Å²) in [5.74, 6) is 0. The predicted molar refractivity (Wildman–Crippen MR) is 86.3 cm³/mol. The van der Waals surface area contributed by atoms with E-state index in [1.54, 1.807) is 18.2 Å². The van der Waals surface area contributed by atoms with Gasteiger partial charge in [-0.05, 0) is 43.2 Å². The number of nitrogens with one attached hydrogen (secondary N) is 1. The summed E-state index contributed by atoms with van der Waals surface area (Å²) in [6, 6.07) is 10.2. The topological polar surface area (TPSA) is 55.2 Å². The molecule has 1 unspecified atom stereocenters. The third-order valence-electron chi connectivity index (χ3n) is 3.24. The number of nitro benzene ring substituents is 1. The number of aryl methyl sites for hydroxylation is 1. The number of hydrogen-bond acceptors (Lipinski definition) is 3. The summed E-state index contributed by atoms with van der Waals surface area (Å²) in [5.41, 5.74) is 2.73. The summed E-state index contributed by atoms with van der Waals surface area (Å²) in [7, 11) is 0. The van der Waals surface area contributed by atoms with Crippen molar-refractivity contribution in [2.24, 2.45) is 0 Å². The Morgan fingerprint density at radius 3 is 2.43 bits per heavy atom. The standard InChI is InChI=1S/C15H14Cl2N2O2/c1-9-7-12(19(20)21)4-6-15(9)18-10(2)11-3-5-13(16)14(17)8-11/h3-8,10,18H,1-2H3. The summed E-state index contributed by atoms with van der Waals surface area (Å²) in [5, 5.41) is 15.1. The van der Waals surface area contributed by atoms with Crippen LogP contribution in [0.4, 0.5) is 11.4 Å². The number of halogens is 2. The van der Waals surface area contributed by atoms with Crippen LogP contribution in [0.15, 0.2) is 36.4 Å². The molecule has 4 nitrogen and oxygen atoms in total. The Labute approximate surface area is 132 Å². The molecule has 0 aliphatic carbocycles. The van der Waals surface area contributed by atoms with E-state index in [0.717, 1.165) is 16.8 Å². The van der Waals surface area contributed by atoms with Crippen molar-refractivity contribution < 1.29 is 4.92 Å². The van der Waals surface area contributed by atoms with Crippen LogP contribution in [0.2, 0.25) is 10.0 Å². The minimum absolute atomic E-state index is 0.0000715. The Balaban J connectivity index is 2.21. The van der Waals surface area contributed by atoms with Crippen molar-refractivity contribution in [3.63, 3.8) is 0 Å². The van der Waals surface area contributed by atoms with Gasteiger partial charge in [0.1, 0.15) is 0 Å². The quantitative estimate of drug-likeness (QED) is 0.606. The largest absolute Gasteiger partial charge is 0.378 e. The van der Waals surface area contributed by atoms with Crippen molar-refractivity contribution >= 4 is 34.6 Å². The summed E-state index contributed by atoms with van der Waals surface area (Å²) >= 11 is 11.9. The summed E-state index contributed by atoms with van der Waals surface area (Å²) < 4.78 is 0. The monoisotopic (exact) mass is 324 g/mol. The number of non-ortho nitro benzene ring substituents is 1. The normalized spacial score (nSPS) is 12.0. The first-order valence-electron chi connectivity index (χ1n) is 6.35. The van der Waals surface area contributed by atoms with E-state index in [0.29, 0.717) is 10.0 Å². The van der Waals surface area contributed by atoms with Crippen LogP contribution >= 0.6 is 23.2 Å². The highest BCUT2D eigenvalue weighted by Crippen LogP contribution is 2.29. The fraction of sp³-hybridized carbons (Fsp3) is 0.200.